The molecule has 5 N–H and O–H groups in total. The van der Waals surface area contributed by atoms with Crippen LogP contribution in [0.3, 0.4) is 0 Å². The van der Waals surface area contributed by atoms with Crippen molar-refractivity contribution in [2.75, 3.05) is 32.8 Å². The maximum Gasteiger partial charge on any atom is 0.254 e. The number of amides is 9. The molecule has 2 heterocycles. The Bertz CT molecular complexity index is 1150. The van der Waals surface area contributed by atoms with Crippen molar-refractivity contribution in [2.45, 2.75) is 64.8 Å². The summed E-state index contributed by atoms with van der Waals surface area (Å²) in [5, 5.41) is 12.8. The molecule has 3 atom stereocenters. The molecule has 0 saturated carbocycles. The van der Waals surface area contributed by atoms with Gasteiger partial charge >= 0.3 is 0 Å². The van der Waals surface area contributed by atoms with E-state index in [9.17, 15) is 43.2 Å². The van der Waals surface area contributed by atoms with Gasteiger partial charge in [-0.05, 0) is 27.7 Å². The Morgan fingerprint density at radius 1 is 0.622 bits per heavy atom. The third kappa shape index (κ3) is 10.9. The fourth-order valence-corrected chi connectivity index (χ4v) is 4.30. The van der Waals surface area contributed by atoms with E-state index in [0.717, 1.165) is 34.1 Å². The van der Waals surface area contributed by atoms with Crippen molar-refractivity contribution < 1.29 is 47.9 Å². The molecule has 0 aromatic heterocycles. The lowest BCUT2D eigenvalue weighted by atomic mass is 10.1. The van der Waals surface area contributed by atoms with Crippen LogP contribution in [0.2, 0.25) is 0 Å². The molecule has 17 nitrogen and oxygen atoms in total. The minimum absolute atomic E-state index is 0.0115. The first-order chi connectivity index (χ1) is 21.3. The van der Waals surface area contributed by atoms with Crippen LogP contribution >= 0.6 is 0 Å². The van der Waals surface area contributed by atoms with E-state index < -0.39 is 77.4 Å². The molecule has 45 heavy (non-hydrogen) atoms. The van der Waals surface area contributed by atoms with Gasteiger partial charge in [0.15, 0.2) is 0 Å². The van der Waals surface area contributed by atoms with E-state index in [1.807, 2.05) is 0 Å². The molecule has 0 bridgehead atoms. The quantitative estimate of drug-likeness (QED) is 0.0748. The minimum Gasteiger partial charge on any atom is -0.369 e. The molecule has 0 fully saturated rings. The van der Waals surface area contributed by atoms with Crippen molar-refractivity contribution in [3.05, 3.63) is 24.3 Å². The van der Waals surface area contributed by atoms with Gasteiger partial charge in [0.2, 0.25) is 29.5 Å². The molecule has 0 spiro atoms. The van der Waals surface area contributed by atoms with Crippen molar-refractivity contribution in [1.82, 2.24) is 36.4 Å². The zero-order valence-corrected chi connectivity index (χ0v) is 25.5. The number of carbonyl (C=O) groups is 9. The molecule has 9 amide bonds. The van der Waals surface area contributed by atoms with E-state index in [1.54, 1.807) is 6.92 Å². The number of nitrogens with one attached hydrogen (secondary N) is 5. The van der Waals surface area contributed by atoms with Crippen molar-refractivity contribution in [3.8, 4) is 0 Å². The van der Waals surface area contributed by atoms with Crippen LogP contribution in [0.15, 0.2) is 24.3 Å². The summed E-state index contributed by atoms with van der Waals surface area (Å²) < 4.78 is 5.26. The second kappa shape index (κ2) is 17.4. The summed E-state index contributed by atoms with van der Waals surface area (Å²) in [6.45, 7) is 6.22. The molecule has 2 aliphatic heterocycles. The molecular weight excluding hydrogens is 594 g/mol. The number of ether oxygens (including phenoxy) is 1. The third-order valence-corrected chi connectivity index (χ3v) is 6.71. The zero-order valence-electron chi connectivity index (χ0n) is 25.5. The van der Waals surface area contributed by atoms with Crippen LogP contribution in [0.4, 0.5) is 0 Å². The van der Waals surface area contributed by atoms with Crippen molar-refractivity contribution in [2.24, 2.45) is 0 Å². The largest absolute Gasteiger partial charge is 0.369 e. The second-order valence-corrected chi connectivity index (χ2v) is 10.1. The van der Waals surface area contributed by atoms with Gasteiger partial charge in [0.25, 0.3) is 23.6 Å². The first kappa shape index (κ1) is 36.3. The van der Waals surface area contributed by atoms with Gasteiger partial charge in [0.1, 0.15) is 18.2 Å². The molecule has 2 rings (SSSR count). The van der Waals surface area contributed by atoms with Gasteiger partial charge in [-0.25, -0.2) is 0 Å². The average molecular weight is 634 g/mol. The minimum atomic E-state index is -1.05. The highest BCUT2D eigenvalue weighted by Crippen LogP contribution is 2.10. The van der Waals surface area contributed by atoms with Gasteiger partial charge < -0.3 is 31.3 Å². The summed E-state index contributed by atoms with van der Waals surface area (Å²) in [4.78, 5) is 111. The fourth-order valence-electron chi connectivity index (χ4n) is 4.30. The van der Waals surface area contributed by atoms with E-state index in [4.69, 9.17) is 4.74 Å². The monoisotopic (exact) mass is 633 g/mol. The normalized spacial score (nSPS) is 16.7. The Morgan fingerprint density at radius 2 is 0.978 bits per heavy atom. The van der Waals surface area contributed by atoms with E-state index in [1.165, 1.54) is 20.8 Å². The Labute approximate surface area is 259 Å². The molecular formula is C28H39N7O10. The van der Waals surface area contributed by atoms with Crippen LogP contribution in [0, 0.1) is 0 Å². The fraction of sp³-hybridized carbons (Fsp3) is 0.536. The lowest BCUT2D eigenvalue weighted by molar-refractivity contribution is -0.145. The number of imide groups is 2. The molecule has 0 radical (unpaired) electrons. The summed E-state index contributed by atoms with van der Waals surface area (Å²) in [6.07, 6.45) is 2.86. The van der Waals surface area contributed by atoms with E-state index >= 15 is 0 Å². The van der Waals surface area contributed by atoms with Crippen LogP contribution in [0.25, 0.3) is 0 Å². The number of nitrogens with zero attached hydrogens (tertiary/aromatic N) is 2. The van der Waals surface area contributed by atoms with Gasteiger partial charge in [-0.1, -0.05) is 0 Å². The maximum absolute atomic E-state index is 12.6. The van der Waals surface area contributed by atoms with Gasteiger partial charge in [-0.3, -0.25) is 53.0 Å². The lowest BCUT2D eigenvalue weighted by Gasteiger charge is -2.22. The predicted octanol–water partition coefficient (Wildman–Crippen LogP) is -3.23. The third-order valence-electron chi connectivity index (χ3n) is 6.71. The molecule has 3 unspecified atom stereocenters. The highest BCUT2D eigenvalue weighted by Gasteiger charge is 2.33. The van der Waals surface area contributed by atoms with Crippen LogP contribution in [0.1, 0.15) is 40.5 Å². The summed E-state index contributed by atoms with van der Waals surface area (Å²) in [7, 11) is 0. The van der Waals surface area contributed by atoms with Crippen molar-refractivity contribution in [3.63, 3.8) is 0 Å². The van der Waals surface area contributed by atoms with Gasteiger partial charge in [-0.2, -0.15) is 0 Å². The highest BCUT2D eigenvalue weighted by atomic mass is 16.5. The van der Waals surface area contributed by atoms with Crippen LogP contribution in [0.5, 0.6) is 0 Å². The molecule has 2 aliphatic rings. The van der Waals surface area contributed by atoms with Crippen molar-refractivity contribution >= 4 is 53.2 Å². The van der Waals surface area contributed by atoms with Gasteiger partial charge in [-0.15, -0.1) is 0 Å². The summed E-state index contributed by atoms with van der Waals surface area (Å²) in [6, 6.07) is -3.02. The Hall–Kier alpha value is -4.93. The molecule has 246 valence electrons. The van der Waals surface area contributed by atoms with E-state index in [2.05, 4.69) is 26.6 Å². The predicted molar refractivity (Wildman–Crippen MR) is 155 cm³/mol. The van der Waals surface area contributed by atoms with Gasteiger partial charge in [0.05, 0.1) is 0 Å². The lowest BCUT2D eigenvalue weighted by Crippen LogP contribution is -2.50. The first-order valence-electron chi connectivity index (χ1n) is 14.4. The first-order valence-corrected chi connectivity index (χ1v) is 14.4. The molecule has 0 aliphatic carbocycles. The maximum atomic E-state index is 12.6. The molecule has 0 aromatic carbocycles. The standard InChI is InChI=1S/C28H39N7O10/c1-5-45-18(4)28(44)33-19(14-20(36)29-10-12-31-26(42)16(2)34-22(38)6-7-23(34)39)15-21(37)30-11-13-32-27(43)17(3)35-24(40)8-9-25(35)41/h6-9,16-19H,5,10-15H2,1-4H3,(H,29,36)(H,30,37)(H,31,42)(H,32,43)(H,33,44). The Morgan fingerprint density at radius 3 is 1.33 bits per heavy atom. The molecule has 0 aromatic rings. The summed E-state index contributed by atoms with van der Waals surface area (Å²) in [5.74, 6) is -5.19. The van der Waals surface area contributed by atoms with Crippen LogP contribution < -0.4 is 26.6 Å². The summed E-state index contributed by atoms with van der Waals surface area (Å²) >= 11 is 0. The number of hydrogen-bond donors (Lipinski definition) is 5. The molecule has 0 saturated heterocycles. The smallest absolute Gasteiger partial charge is 0.254 e. The topological polar surface area (TPSA) is 229 Å². The second-order valence-electron chi connectivity index (χ2n) is 10.1. The Kier molecular flexibility index (Phi) is 14.0. The van der Waals surface area contributed by atoms with Crippen LogP contribution in [-0.4, -0.2) is 120 Å². The molecule has 17 heteroatoms. The highest BCUT2D eigenvalue weighted by molar-refractivity contribution is 6.15. The van der Waals surface area contributed by atoms with E-state index in [-0.39, 0.29) is 45.6 Å². The average Bonchev–Trinajstić information content (AvgIpc) is 3.50. The van der Waals surface area contributed by atoms with Crippen LogP contribution in [-0.2, 0) is 47.9 Å². The number of rotatable bonds is 18. The van der Waals surface area contributed by atoms with E-state index in [0.29, 0.717) is 0 Å². The summed E-state index contributed by atoms with van der Waals surface area (Å²) in [5.41, 5.74) is 0. The van der Waals surface area contributed by atoms with Crippen molar-refractivity contribution in [1.29, 1.82) is 0 Å². The zero-order chi connectivity index (χ0) is 33.7. The Balaban J connectivity index is 1.81. The number of hydrogen-bond acceptors (Lipinski definition) is 10. The number of carbonyl (C=O) groups excluding carboxylic acids is 9. The SMILES string of the molecule is CCOC(C)C(=O)NC(CC(=O)NCCNC(=O)C(C)N1C(=O)C=CC1=O)CC(=O)NCCNC(=O)C(C)N1C(=O)C=CC1=O. The van der Waals surface area contributed by atoms with Gasteiger partial charge in [0, 0.05) is 76.0 Å².